The summed E-state index contributed by atoms with van der Waals surface area (Å²) in [5, 5.41) is 0. The van der Waals surface area contributed by atoms with E-state index in [2.05, 4.69) is 43.3 Å². The number of halogens is 1. The van der Waals surface area contributed by atoms with Crippen LogP contribution in [0.2, 0.25) is 0 Å². The van der Waals surface area contributed by atoms with Gasteiger partial charge in [-0.05, 0) is 49.3 Å². The van der Waals surface area contributed by atoms with Crippen molar-refractivity contribution in [2.45, 2.75) is 18.4 Å². The summed E-state index contributed by atoms with van der Waals surface area (Å²) in [4.78, 5) is 2.27. The quantitative estimate of drug-likeness (QED) is 0.785. The Bertz CT molecular complexity index is 574. The largest absolute Gasteiger partial charge is 0.302 e. The molecule has 2 atom stereocenters. The molecule has 1 nitrogen and oxygen atoms in total. The number of benzene rings is 2. The van der Waals surface area contributed by atoms with Gasteiger partial charge in [-0.2, -0.15) is 0 Å². The topological polar surface area (TPSA) is 3.24 Å². The normalized spacial score (nSPS) is 21.7. The first kappa shape index (κ1) is 12.4. The van der Waals surface area contributed by atoms with Gasteiger partial charge in [0, 0.05) is 12.0 Å². The van der Waals surface area contributed by atoms with Gasteiger partial charge in [0.2, 0.25) is 0 Å². The van der Waals surface area contributed by atoms with E-state index in [1.165, 1.54) is 16.7 Å². The molecule has 0 unspecified atom stereocenters. The van der Waals surface area contributed by atoms with Crippen molar-refractivity contribution in [3.05, 3.63) is 71.0 Å². The second kappa shape index (κ2) is 4.78. The third kappa shape index (κ3) is 2.17. The SMILES string of the molecule is CN(C)[C@H]1C[C@@H](c2ccc(F)cc2)c2ccccc21. The van der Waals surface area contributed by atoms with Gasteiger partial charge in [0.15, 0.2) is 0 Å². The lowest BCUT2D eigenvalue weighted by Gasteiger charge is -2.20. The van der Waals surface area contributed by atoms with Crippen LogP contribution in [-0.2, 0) is 0 Å². The highest BCUT2D eigenvalue weighted by Crippen LogP contribution is 2.45. The second-order valence-electron chi connectivity index (χ2n) is 5.45. The molecule has 0 saturated carbocycles. The molecular weight excluding hydrogens is 237 g/mol. The molecule has 0 radical (unpaired) electrons. The van der Waals surface area contributed by atoms with Gasteiger partial charge in [0.25, 0.3) is 0 Å². The zero-order chi connectivity index (χ0) is 13.4. The lowest BCUT2D eigenvalue weighted by atomic mass is 9.93. The van der Waals surface area contributed by atoms with Crippen LogP contribution >= 0.6 is 0 Å². The zero-order valence-electron chi connectivity index (χ0n) is 11.3. The number of hydrogen-bond acceptors (Lipinski definition) is 1. The molecule has 19 heavy (non-hydrogen) atoms. The van der Waals surface area contributed by atoms with Crippen molar-refractivity contribution in [3.8, 4) is 0 Å². The van der Waals surface area contributed by atoms with Crippen molar-refractivity contribution in [1.29, 1.82) is 0 Å². The van der Waals surface area contributed by atoms with E-state index in [9.17, 15) is 4.39 Å². The summed E-state index contributed by atoms with van der Waals surface area (Å²) in [6.45, 7) is 0. The summed E-state index contributed by atoms with van der Waals surface area (Å²) in [5.74, 6) is 0.211. The van der Waals surface area contributed by atoms with E-state index in [0.717, 1.165) is 6.42 Å². The summed E-state index contributed by atoms with van der Waals surface area (Å²) in [6.07, 6.45) is 1.07. The van der Waals surface area contributed by atoms with Gasteiger partial charge in [0.1, 0.15) is 5.82 Å². The van der Waals surface area contributed by atoms with Gasteiger partial charge >= 0.3 is 0 Å². The Kier molecular flexibility index (Phi) is 3.11. The molecule has 0 amide bonds. The zero-order valence-corrected chi connectivity index (χ0v) is 11.3. The third-order valence-corrected chi connectivity index (χ3v) is 4.09. The summed E-state index contributed by atoms with van der Waals surface area (Å²) >= 11 is 0. The van der Waals surface area contributed by atoms with Crippen LogP contribution in [0.4, 0.5) is 4.39 Å². The van der Waals surface area contributed by atoms with Crippen molar-refractivity contribution >= 4 is 0 Å². The fourth-order valence-corrected chi connectivity index (χ4v) is 3.11. The molecular formula is C17H18FN. The van der Waals surface area contributed by atoms with E-state index in [1.807, 2.05) is 12.1 Å². The number of rotatable bonds is 2. The Balaban J connectivity index is 2.03. The molecule has 3 rings (SSSR count). The summed E-state index contributed by atoms with van der Waals surface area (Å²) in [6, 6.07) is 16.0. The number of nitrogens with zero attached hydrogens (tertiary/aromatic N) is 1. The van der Waals surface area contributed by atoms with E-state index in [0.29, 0.717) is 12.0 Å². The van der Waals surface area contributed by atoms with E-state index in [1.54, 1.807) is 12.1 Å². The Hall–Kier alpha value is -1.67. The predicted molar refractivity (Wildman–Crippen MR) is 75.7 cm³/mol. The van der Waals surface area contributed by atoms with Crippen LogP contribution in [0, 0.1) is 5.82 Å². The van der Waals surface area contributed by atoms with Crippen LogP contribution in [0.15, 0.2) is 48.5 Å². The molecule has 0 fully saturated rings. The van der Waals surface area contributed by atoms with Crippen LogP contribution < -0.4 is 0 Å². The lowest BCUT2D eigenvalue weighted by Crippen LogP contribution is -2.17. The summed E-state index contributed by atoms with van der Waals surface area (Å²) < 4.78 is 13.1. The molecule has 0 spiro atoms. The molecule has 2 aromatic carbocycles. The number of hydrogen-bond donors (Lipinski definition) is 0. The van der Waals surface area contributed by atoms with Crippen molar-refractivity contribution in [2.75, 3.05) is 14.1 Å². The highest BCUT2D eigenvalue weighted by molar-refractivity contribution is 5.44. The fraction of sp³-hybridized carbons (Fsp3) is 0.294. The Morgan fingerprint density at radius 2 is 1.58 bits per heavy atom. The molecule has 1 aliphatic rings. The van der Waals surface area contributed by atoms with E-state index in [-0.39, 0.29) is 5.82 Å². The van der Waals surface area contributed by atoms with Gasteiger partial charge in [0.05, 0.1) is 0 Å². The maximum Gasteiger partial charge on any atom is 0.123 e. The molecule has 98 valence electrons. The van der Waals surface area contributed by atoms with Crippen LogP contribution in [0.1, 0.15) is 35.1 Å². The average molecular weight is 255 g/mol. The molecule has 0 N–H and O–H groups in total. The maximum absolute atomic E-state index is 13.1. The molecule has 0 bridgehead atoms. The minimum Gasteiger partial charge on any atom is -0.302 e. The second-order valence-corrected chi connectivity index (χ2v) is 5.45. The summed E-state index contributed by atoms with van der Waals surface area (Å²) in [5.41, 5.74) is 3.99. The van der Waals surface area contributed by atoms with Crippen LogP contribution in [0.3, 0.4) is 0 Å². The first-order valence-electron chi connectivity index (χ1n) is 6.67. The highest BCUT2D eigenvalue weighted by atomic mass is 19.1. The first-order valence-corrected chi connectivity index (χ1v) is 6.67. The molecule has 2 aromatic rings. The van der Waals surface area contributed by atoms with E-state index < -0.39 is 0 Å². The van der Waals surface area contributed by atoms with Gasteiger partial charge < -0.3 is 4.90 Å². The lowest BCUT2D eigenvalue weighted by molar-refractivity contribution is 0.293. The van der Waals surface area contributed by atoms with Crippen molar-refractivity contribution in [3.63, 3.8) is 0 Å². The smallest absolute Gasteiger partial charge is 0.123 e. The maximum atomic E-state index is 13.1. The van der Waals surface area contributed by atoms with Gasteiger partial charge in [-0.15, -0.1) is 0 Å². The fourth-order valence-electron chi connectivity index (χ4n) is 3.11. The van der Waals surface area contributed by atoms with Crippen LogP contribution in [0.5, 0.6) is 0 Å². The van der Waals surface area contributed by atoms with Crippen molar-refractivity contribution in [1.82, 2.24) is 4.90 Å². The number of fused-ring (bicyclic) bond motifs is 1. The van der Waals surface area contributed by atoms with Crippen molar-refractivity contribution < 1.29 is 4.39 Å². The minimum absolute atomic E-state index is 0.167. The highest BCUT2D eigenvalue weighted by Gasteiger charge is 2.32. The molecule has 0 saturated heterocycles. The predicted octanol–water partition coefficient (Wildman–Crippen LogP) is 3.96. The molecule has 0 aliphatic heterocycles. The monoisotopic (exact) mass is 255 g/mol. The van der Waals surface area contributed by atoms with Gasteiger partial charge in [-0.3, -0.25) is 0 Å². The van der Waals surface area contributed by atoms with Gasteiger partial charge in [-0.25, -0.2) is 4.39 Å². The molecule has 2 heteroatoms. The first-order chi connectivity index (χ1) is 9.16. The Morgan fingerprint density at radius 3 is 2.21 bits per heavy atom. The third-order valence-electron chi connectivity index (χ3n) is 4.09. The molecule has 0 aromatic heterocycles. The summed E-state index contributed by atoms with van der Waals surface area (Å²) in [7, 11) is 4.24. The molecule has 1 aliphatic carbocycles. The average Bonchev–Trinajstić information content (AvgIpc) is 2.79. The molecule has 0 heterocycles. The van der Waals surface area contributed by atoms with E-state index in [4.69, 9.17) is 0 Å². The van der Waals surface area contributed by atoms with Crippen LogP contribution in [0.25, 0.3) is 0 Å². The Labute approximate surface area is 113 Å². The standard InChI is InChI=1S/C17H18FN/c1-19(2)17-11-16(12-7-9-13(18)10-8-12)14-5-3-4-6-15(14)17/h3-10,16-17H,11H2,1-2H3/t16-,17-/m0/s1. The van der Waals surface area contributed by atoms with Crippen LogP contribution in [-0.4, -0.2) is 19.0 Å². The van der Waals surface area contributed by atoms with Gasteiger partial charge in [-0.1, -0.05) is 36.4 Å². The minimum atomic E-state index is -0.167. The van der Waals surface area contributed by atoms with E-state index >= 15 is 0 Å². The van der Waals surface area contributed by atoms with Crippen molar-refractivity contribution in [2.24, 2.45) is 0 Å². The Morgan fingerprint density at radius 1 is 0.947 bits per heavy atom.